The Morgan fingerprint density at radius 1 is 1.12 bits per heavy atom. The molecule has 2 N–H and O–H groups in total. The van der Waals surface area contributed by atoms with Gasteiger partial charge in [0.25, 0.3) is 0 Å². The van der Waals surface area contributed by atoms with Crippen molar-refractivity contribution in [3.63, 3.8) is 0 Å². The third-order valence-corrected chi connectivity index (χ3v) is 8.35. The number of thiophene rings is 1. The predicted molar refractivity (Wildman–Crippen MR) is 125 cm³/mol. The third kappa shape index (κ3) is 5.15. The lowest BCUT2D eigenvalue weighted by molar-refractivity contribution is 0.568. The average molecular weight is 486 g/mol. The first kappa shape index (κ1) is 22.7. The number of aromatic nitrogens is 3. The van der Waals surface area contributed by atoms with E-state index < -0.39 is 26.9 Å². The van der Waals surface area contributed by atoms with Crippen LogP contribution < -0.4 is 5.73 Å². The zero-order valence-electron chi connectivity index (χ0n) is 17.5. The van der Waals surface area contributed by atoms with Gasteiger partial charge < -0.3 is 10.2 Å². The summed E-state index contributed by atoms with van der Waals surface area (Å²) in [6.45, 7) is 1.49. The van der Waals surface area contributed by atoms with E-state index in [1.54, 1.807) is 24.5 Å². The van der Waals surface area contributed by atoms with Gasteiger partial charge in [-0.1, -0.05) is 18.2 Å². The number of nitrogens with zero attached hydrogens (tertiary/aromatic N) is 4. The number of pyridine rings is 1. The molecule has 0 amide bonds. The van der Waals surface area contributed by atoms with Crippen LogP contribution in [0.15, 0.2) is 76.7 Å². The summed E-state index contributed by atoms with van der Waals surface area (Å²) < 4.78 is 44.3. The second-order valence-corrected chi connectivity index (χ2v) is 10.7. The Balaban J connectivity index is 0.000000376. The summed E-state index contributed by atoms with van der Waals surface area (Å²) in [7, 11) is -3.46. The smallest absolute Gasteiger partial charge is 0.247 e. The van der Waals surface area contributed by atoms with Gasteiger partial charge in [-0.05, 0) is 42.8 Å². The Morgan fingerprint density at radius 3 is 2.48 bits per heavy atom. The third-order valence-electron chi connectivity index (χ3n) is 4.99. The maximum Gasteiger partial charge on any atom is 0.247 e. The van der Waals surface area contributed by atoms with Crippen LogP contribution in [0.2, 0.25) is 0 Å². The average Bonchev–Trinajstić information content (AvgIpc) is 3.49. The summed E-state index contributed by atoms with van der Waals surface area (Å²) in [5, 5.41) is 6.67. The first-order chi connectivity index (χ1) is 15.8. The SMILES string of the molecule is CC1C(N)=NC(c2sc(-c3cccc(-c4nnco4)c3)cc2F)CS1(=O)=O.c1ccncc1. The van der Waals surface area contributed by atoms with Gasteiger partial charge in [0, 0.05) is 22.8 Å². The molecule has 0 spiro atoms. The van der Waals surface area contributed by atoms with E-state index in [9.17, 15) is 12.8 Å². The molecule has 4 aromatic rings. The highest BCUT2D eigenvalue weighted by Gasteiger charge is 2.35. The highest BCUT2D eigenvalue weighted by molar-refractivity contribution is 7.92. The molecule has 8 nitrogen and oxygen atoms in total. The second-order valence-electron chi connectivity index (χ2n) is 7.21. The Labute approximate surface area is 194 Å². The largest absolute Gasteiger partial charge is 0.423 e. The molecule has 170 valence electrons. The van der Waals surface area contributed by atoms with E-state index in [1.165, 1.54) is 19.4 Å². The second kappa shape index (κ2) is 9.59. The molecule has 1 aromatic carbocycles. The van der Waals surface area contributed by atoms with Crippen molar-refractivity contribution in [3.05, 3.63) is 78.0 Å². The molecule has 0 fully saturated rings. The van der Waals surface area contributed by atoms with Crippen molar-refractivity contribution >= 4 is 27.0 Å². The van der Waals surface area contributed by atoms with E-state index in [0.29, 0.717) is 16.3 Å². The van der Waals surface area contributed by atoms with Gasteiger partial charge in [0.1, 0.15) is 22.9 Å². The van der Waals surface area contributed by atoms with Crippen molar-refractivity contribution in [1.82, 2.24) is 15.2 Å². The van der Waals surface area contributed by atoms with Crippen LogP contribution in [0.3, 0.4) is 0 Å². The number of amidine groups is 1. The first-order valence-corrected chi connectivity index (χ1v) is 12.4. The highest BCUT2D eigenvalue weighted by Crippen LogP contribution is 2.38. The number of halogens is 1. The number of sulfone groups is 1. The van der Waals surface area contributed by atoms with Crippen LogP contribution in [0.1, 0.15) is 17.8 Å². The minimum Gasteiger partial charge on any atom is -0.423 e. The topological polar surface area (TPSA) is 124 Å². The zero-order chi connectivity index (χ0) is 23.4. The summed E-state index contributed by atoms with van der Waals surface area (Å²) >= 11 is 1.16. The van der Waals surface area contributed by atoms with Crippen LogP contribution in [0.5, 0.6) is 0 Å². The van der Waals surface area contributed by atoms with Crippen LogP contribution in [0, 0.1) is 5.82 Å². The monoisotopic (exact) mass is 485 g/mol. The molecule has 1 aliphatic rings. The van der Waals surface area contributed by atoms with E-state index >= 15 is 0 Å². The molecule has 33 heavy (non-hydrogen) atoms. The normalized spacial score (nSPS) is 19.3. The molecular formula is C22H20FN5O3S2. The number of hydrogen-bond donors (Lipinski definition) is 1. The van der Waals surface area contributed by atoms with Crippen molar-refractivity contribution in [2.45, 2.75) is 18.2 Å². The van der Waals surface area contributed by atoms with E-state index in [0.717, 1.165) is 16.9 Å². The fourth-order valence-electron chi connectivity index (χ4n) is 3.17. The lowest BCUT2D eigenvalue weighted by Gasteiger charge is -2.23. The molecule has 0 saturated carbocycles. The molecular weight excluding hydrogens is 465 g/mol. The van der Waals surface area contributed by atoms with Gasteiger partial charge in [-0.25, -0.2) is 12.8 Å². The minimum atomic E-state index is -3.46. The maximum absolute atomic E-state index is 14.6. The fourth-order valence-corrected chi connectivity index (χ4v) is 5.75. The van der Waals surface area contributed by atoms with Crippen molar-refractivity contribution in [1.29, 1.82) is 0 Å². The van der Waals surface area contributed by atoms with Crippen molar-refractivity contribution < 1.29 is 17.2 Å². The van der Waals surface area contributed by atoms with Crippen molar-refractivity contribution in [3.8, 4) is 21.9 Å². The summed E-state index contributed by atoms with van der Waals surface area (Å²) in [6.07, 6.45) is 4.73. The summed E-state index contributed by atoms with van der Waals surface area (Å²) in [5.41, 5.74) is 7.21. The molecule has 2 unspecified atom stereocenters. The molecule has 1 aliphatic heterocycles. The Morgan fingerprint density at radius 2 is 1.88 bits per heavy atom. The van der Waals surface area contributed by atoms with E-state index in [-0.39, 0.29) is 16.5 Å². The molecule has 0 radical (unpaired) electrons. The molecule has 0 saturated heterocycles. The minimum absolute atomic E-state index is 0.0130. The first-order valence-electron chi connectivity index (χ1n) is 9.91. The van der Waals surface area contributed by atoms with Crippen LogP contribution in [0.25, 0.3) is 21.9 Å². The summed E-state index contributed by atoms with van der Waals surface area (Å²) in [5.74, 6) is -0.379. The standard InChI is InChI=1S/C17H15FN4O3S2.C5H5N/c1-9-16(19)21-13(7-27(9,23)24)15-12(18)6-14(26-15)10-3-2-4-11(5-10)17-22-20-8-25-17;1-2-4-6-5-3-1/h2-6,8-9,13H,7H2,1H3,(H2,19,21);1-5H. The quantitative estimate of drug-likeness (QED) is 0.467. The van der Waals surface area contributed by atoms with Crippen molar-refractivity contribution in [2.24, 2.45) is 10.7 Å². The molecule has 2 atom stereocenters. The van der Waals surface area contributed by atoms with Crippen LogP contribution >= 0.6 is 11.3 Å². The molecule has 3 aromatic heterocycles. The van der Waals surface area contributed by atoms with Gasteiger partial charge in [-0.15, -0.1) is 21.5 Å². The van der Waals surface area contributed by atoms with Gasteiger partial charge >= 0.3 is 0 Å². The Hall–Kier alpha value is -3.44. The van der Waals surface area contributed by atoms with Gasteiger partial charge in [0.15, 0.2) is 9.84 Å². The van der Waals surface area contributed by atoms with E-state index in [4.69, 9.17) is 10.2 Å². The molecule has 5 rings (SSSR count). The molecule has 0 bridgehead atoms. The lowest BCUT2D eigenvalue weighted by atomic mass is 10.1. The van der Waals surface area contributed by atoms with Crippen LogP contribution in [0.4, 0.5) is 4.39 Å². The number of rotatable bonds is 3. The maximum atomic E-state index is 14.6. The molecule has 0 aliphatic carbocycles. The molecule has 4 heterocycles. The number of benzene rings is 1. The van der Waals surface area contributed by atoms with Gasteiger partial charge in [0.2, 0.25) is 12.3 Å². The van der Waals surface area contributed by atoms with E-state index in [1.807, 2.05) is 30.3 Å². The number of nitrogens with two attached hydrogens (primary N) is 1. The Bertz CT molecular complexity index is 1330. The Kier molecular flexibility index (Phi) is 6.61. The van der Waals surface area contributed by atoms with Crippen molar-refractivity contribution in [2.75, 3.05) is 5.75 Å². The highest BCUT2D eigenvalue weighted by atomic mass is 32.2. The number of hydrogen-bond acceptors (Lipinski definition) is 9. The van der Waals surface area contributed by atoms with Gasteiger partial charge in [-0.2, -0.15) is 0 Å². The van der Waals surface area contributed by atoms with Crippen LogP contribution in [-0.4, -0.2) is 40.4 Å². The lowest BCUT2D eigenvalue weighted by Crippen LogP contribution is -2.40. The predicted octanol–water partition coefficient (Wildman–Crippen LogP) is 3.90. The van der Waals surface area contributed by atoms with Gasteiger partial charge in [0.05, 0.1) is 10.6 Å². The fraction of sp³-hybridized carbons (Fsp3) is 0.182. The van der Waals surface area contributed by atoms with Gasteiger partial charge in [-0.3, -0.25) is 9.98 Å². The molecule has 11 heteroatoms. The van der Waals surface area contributed by atoms with E-state index in [2.05, 4.69) is 20.2 Å². The summed E-state index contributed by atoms with van der Waals surface area (Å²) in [4.78, 5) is 8.90. The summed E-state index contributed by atoms with van der Waals surface area (Å²) in [6, 6.07) is 13.5. The van der Waals surface area contributed by atoms with Crippen LogP contribution in [-0.2, 0) is 9.84 Å². The number of aliphatic imine (C=N–C) groups is 1. The zero-order valence-corrected chi connectivity index (χ0v) is 19.1.